The third kappa shape index (κ3) is 2.72. The molecule has 1 aliphatic heterocycles. The van der Waals surface area contributed by atoms with Crippen molar-refractivity contribution >= 4 is 21.6 Å². The van der Waals surface area contributed by atoms with E-state index in [1.165, 1.54) is 5.56 Å². The van der Waals surface area contributed by atoms with Gasteiger partial charge >= 0.3 is 0 Å². The number of benzene rings is 1. The van der Waals surface area contributed by atoms with Gasteiger partial charge in [0.25, 0.3) is 0 Å². The number of nitrogens with zero attached hydrogens (tertiary/aromatic N) is 1. The SMILES string of the molecule is COc1cc(NCc2cc(Br)cc3c2OCC3)ccn1. The minimum atomic E-state index is 0.603. The Bertz CT molecular complexity index is 631. The van der Waals surface area contributed by atoms with Crippen LogP contribution in [0.1, 0.15) is 11.1 Å². The van der Waals surface area contributed by atoms with E-state index in [1.807, 2.05) is 12.1 Å². The second-order valence-corrected chi connectivity index (χ2v) is 5.51. The van der Waals surface area contributed by atoms with Crippen LogP contribution in [0.4, 0.5) is 5.69 Å². The minimum absolute atomic E-state index is 0.603. The molecule has 5 heteroatoms. The number of methoxy groups -OCH3 is 1. The quantitative estimate of drug-likeness (QED) is 0.930. The van der Waals surface area contributed by atoms with Gasteiger partial charge in [0, 0.05) is 41.0 Å². The molecule has 2 heterocycles. The molecule has 0 saturated carbocycles. The van der Waals surface area contributed by atoms with Crippen molar-refractivity contribution < 1.29 is 9.47 Å². The number of fused-ring (bicyclic) bond motifs is 1. The molecule has 1 aromatic carbocycles. The molecule has 0 amide bonds. The van der Waals surface area contributed by atoms with E-state index in [-0.39, 0.29) is 0 Å². The van der Waals surface area contributed by atoms with E-state index in [0.29, 0.717) is 12.4 Å². The number of aromatic nitrogens is 1. The summed E-state index contributed by atoms with van der Waals surface area (Å²) in [5.74, 6) is 1.62. The molecule has 1 aromatic heterocycles. The fourth-order valence-corrected chi connectivity index (χ4v) is 2.86. The smallest absolute Gasteiger partial charge is 0.214 e. The van der Waals surface area contributed by atoms with Crippen molar-refractivity contribution in [3.8, 4) is 11.6 Å². The molecule has 3 rings (SSSR count). The molecular formula is C15H15BrN2O2. The largest absolute Gasteiger partial charge is 0.493 e. The fourth-order valence-electron chi connectivity index (χ4n) is 2.31. The van der Waals surface area contributed by atoms with Crippen molar-refractivity contribution in [3.05, 3.63) is 46.1 Å². The summed E-state index contributed by atoms with van der Waals surface area (Å²) in [4.78, 5) is 4.09. The third-order valence-corrected chi connectivity index (χ3v) is 3.71. The van der Waals surface area contributed by atoms with Gasteiger partial charge in [0.15, 0.2) is 0 Å². The van der Waals surface area contributed by atoms with Gasteiger partial charge in [-0.3, -0.25) is 0 Å². The summed E-state index contributed by atoms with van der Waals surface area (Å²) < 4.78 is 11.9. The molecular weight excluding hydrogens is 320 g/mol. The zero-order valence-corrected chi connectivity index (χ0v) is 12.7. The zero-order valence-electron chi connectivity index (χ0n) is 11.1. The molecule has 0 atom stereocenters. The maximum atomic E-state index is 5.72. The highest BCUT2D eigenvalue weighted by molar-refractivity contribution is 9.10. The summed E-state index contributed by atoms with van der Waals surface area (Å²) >= 11 is 3.55. The number of pyridine rings is 1. The van der Waals surface area contributed by atoms with E-state index in [4.69, 9.17) is 9.47 Å². The summed E-state index contributed by atoms with van der Waals surface area (Å²) in [6.45, 7) is 1.47. The van der Waals surface area contributed by atoms with Crippen LogP contribution in [-0.4, -0.2) is 18.7 Å². The maximum absolute atomic E-state index is 5.72. The molecule has 104 valence electrons. The summed E-state index contributed by atoms with van der Waals surface area (Å²) in [6, 6.07) is 8.01. The van der Waals surface area contributed by atoms with Crippen molar-refractivity contribution in [2.75, 3.05) is 19.0 Å². The third-order valence-electron chi connectivity index (χ3n) is 3.25. The van der Waals surface area contributed by atoms with Gasteiger partial charge in [0.1, 0.15) is 5.75 Å². The Hall–Kier alpha value is -1.75. The Labute approximate surface area is 126 Å². The van der Waals surface area contributed by atoms with E-state index >= 15 is 0 Å². The maximum Gasteiger partial charge on any atom is 0.214 e. The standard InChI is InChI=1S/C15H15BrN2O2/c1-19-14-8-13(2-4-17-14)18-9-11-7-12(16)6-10-3-5-20-15(10)11/h2,4,6-8H,3,5,9H2,1H3,(H,17,18). The first kappa shape index (κ1) is 13.2. The monoisotopic (exact) mass is 334 g/mol. The first-order chi connectivity index (χ1) is 9.76. The summed E-state index contributed by atoms with van der Waals surface area (Å²) in [7, 11) is 1.61. The van der Waals surface area contributed by atoms with Gasteiger partial charge in [0.2, 0.25) is 5.88 Å². The number of rotatable bonds is 4. The van der Waals surface area contributed by atoms with Gasteiger partial charge in [-0.1, -0.05) is 15.9 Å². The molecule has 0 fully saturated rings. The van der Waals surface area contributed by atoms with Crippen LogP contribution in [0.3, 0.4) is 0 Å². The molecule has 4 nitrogen and oxygen atoms in total. The average Bonchev–Trinajstić information content (AvgIpc) is 2.93. The van der Waals surface area contributed by atoms with E-state index in [9.17, 15) is 0 Å². The Morgan fingerprint density at radius 1 is 1.40 bits per heavy atom. The predicted molar refractivity (Wildman–Crippen MR) is 81.5 cm³/mol. The highest BCUT2D eigenvalue weighted by Crippen LogP contribution is 2.33. The van der Waals surface area contributed by atoms with E-state index < -0.39 is 0 Å². The second-order valence-electron chi connectivity index (χ2n) is 4.59. The second kappa shape index (κ2) is 5.71. The van der Waals surface area contributed by atoms with Crippen LogP contribution in [0.15, 0.2) is 34.9 Å². The van der Waals surface area contributed by atoms with Crippen LogP contribution in [-0.2, 0) is 13.0 Å². The van der Waals surface area contributed by atoms with Crippen LogP contribution >= 0.6 is 15.9 Å². The number of halogens is 1. The number of hydrogen-bond donors (Lipinski definition) is 1. The van der Waals surface area contributed by atoms with Gasteiger partial charge in [-0.2, -0.15) is 0 Å². The van der Waals surface area contributed by atoms with Crippen LogP contribution in [0.25, 0.3) is 0 Å². The Morgan fingerprint density at radius 2 is 2.30 bits per heavy atom. The molecule has 0 spiro atoms. The summed E-state index contributed by atoms with van der Waals surface area (Å²) in [5, 5.41) is 3.37. The highest BCUT2D eigenvalue weighted by Gasteiger charge is 2.17. The molecule has 20 heavy (non-hydrogen) atoms. The summed E-state index contributed by atoms with van der Waals surface area (Å²) in [5.41, 5.74) is 3.40. The van der Waals surface area contributed by atoms with Crippen LogP contribution < -0.4 is 14.8 Å². The van der Waals surface area contributed by atoms with Gasteiger partial charge in [-0.05, 0) is 23.8 Å². The summed E-state index contributed by atoms with van der Waals surface area (Å²) in [6.07, 6.45) is 2.70. The Morgan fingerprint density at radius 3 is 3.15 bits per heavy atom. The van der Waals surface area contributed by atoms with Gasteiger partial charge in [0.05, 0.1) is 13.7 Å². The van der Waals surface area contributed by atoms with Crippen LogP contribution in [0, 0.1) is 0 Å². The van der Waals surface area contributed by atoms with Crippen LogP contribution in [0.2, 0.25) is 0 Å². The molecule has 1 aliphatic rings. The average molecular weight is 335 g/mol. The lowest BCUT2D eigenvalue weighted by molar-refractivity contribution is 0.354. The first-order valence-corrected chi connectivity index (χ1v) is 7.23. The number of anilines is 1. The minimum Gasteiger partial charge on any atom is -0.493 e. The molecule has 0 aliphatic carbocycles. The van der Waals surface area contributed by atoms with Crippen molar-refractivity contribution in [1.29, 1.82) is 0 Å². The molecule has 0 radical (unpaired) electrons. The first-order valence-electron chi connectivity index (χ1n) is 6.44. The van der Waals surface area contributed by atoms with Gasteiger partial charge in [-0.25, -0.2) is 4.98 Å². The Kier molecular flexibility index (Phi) is 3.78. The zero-order chi connectivity index (χ0) is 13.9. The van der Waals surface area contributed by atoms with Crippen molar-refractivity contribution in [1.82, 2.24) is 4.98 Å². The van der Waals surface area contributed by atoms with Gasteiger partial charge < -0.3 is 14.8 Å². The molecule has 2 aromatic rings. The topological polar surface area (TPSA) is 43.4 Å². The Balaban J connectivity index is 1.78. The number of hydrogen-bond acceptors (Lipinski definition) is 4. The molecule has 0 unspecified atom stereocenters. The lowest BCUT2D eigenvalue weighted by Crippen LogP contribution is -2.02. The lowest BCUT2D eigenvalue weighted by Gasteiger charge is -2.11. The van der Waals surface area contributed by atoms with Gasteiger partial charge in [-0.15, -0.1) is 0 Å². The van der Waals surface area contributed by atoms with E-state index in [1.54, 1.807) is 13.3 Å². The van der Waals surface area contributed by atoms with E-state index in [0.717, 1.165) is 34.5 Å². The molecule has 0 bridgehead atoms. The van der Waals surface area contributed by atoms with E-state index in [2.05, 4.69) is 38.4 Å². The highest BCUT2D eigenvalue weighted by atomic mass is 79.9. The number of nitrogens with one attached hydrogen (secondary N) is 1. The predicted octanol–water partition coefficient (Wildman–Crippen LogP) is 3.40. The number of ether oxygens (including phenoxy) is 2. The van der Waals surface area contributed by atoms with Crippen molar-refractivity contribution in [3.63, 3.8) is 0 Å². The van der Waals surface area contributed by atoms with Crippen LogP contribution in [0.5, 0.6) is 11.6 Å². The lowest BCUT2D eigenvalue weighted by atomic mass is 10.1. The normalized spacial score (nSPS) is 12.7. The molecule has 0 saturated heterocycles. The fraction of sp³-hybridized carbons (Fsp3) is 0.267. The van der Waals surface area contributed by atoms with Crippen molar-refractivity contribution in [2.45, 2.75) is 13.0 Å². The molecule has 1 N–H and O–H groups in total. The van der Waals surface area contributed by atoms with Crippen molar-refractivity contribution in [2.24, 2.45) is 0 Å².